The maximum atomic E-state index is 12.2. The molecule has 0 bridgehead atoms. The van der Waals surface area contributed by atoms with Crippen molar-refractivity contribution in [2.24, 2.45) is 0 Å². The van der Waals surface area contributed by atoms with E-state index in [1.165, 1.54) is 12.1 Å². The van der Waals surface area contributed by atoms with E-state index in [2.05, 4.69) is 0 Å². The third kappa shape index (κ3) is 4.34. The molecule has 0 spiro atoms. The van der Waals surface area contributed by atoms with Crippen molar-refractivity contribution in [2.45, 2.75) is 24.0 Å². The quantitative estimate of drug-likeness (QED) is 0.572. The molecule has 2 unspecified atom stereocenters. The van der Waals surface area contributed by atoms with Gasteiger partial charge < -0.3 is 15.3 Å². The standard InChI is InChI=1S/C26H24O3.Fe/c27-24-16-14-23(15-17-24)26(29,22-12-2-1-3-13-22)25(28,21-10-6-7-11-21)19-18-20-8-4-5-9-20;/h1-17,27-29H,18-19H2;/q;+2. The van der Waals surface area contributed by atoms with Gasteiger partial charge in [-0.3, -0.25) is 0 Å². The third-order valence-corrected chi connectivity index (χ3v) is 5.72. The first-order valence-corrected chi connectivity index (χ1v) is 9.76. The fourth-order valence-electron chi connectivity index (χ4n) is 4.12. The molecule has 0 amide bonds. The van der Waals surface area contributed by atoms with Crippen molar-refractivity contribution in [1.29, 1.82) is 0 Å². The first-order chi connectivity index (χ1) is 14.0. The van der Waals surface area contributed by atoms with E-state index in [9.17, 15) is 15.3 Å². The minimum atomic E-state index is -1.71. The Morgan fingerprint density at radius 3 is 1.80 bits per heavy atom. The fraction of sp³-hybridized carbons (Fsp3) is 0.154. The zero-order valence-electron chi connectivity index (χ0n) is 16.4. The number of aliphatic hydroxyl groups is 2. The third-order valence-electron chi connectivity index (χ3n) is 5.72. The second-order valence-electron chi connectivity index (χ2n) is 7.45. The maximum Gasteiger partial charge on any atom is 2.00 e. The van der Waals surface area contributed by atoms with Crippen molar-refractivity contribution in [2.75, 3.05) is 0 Å². The van der Waals surface area contributed by atoms with Crippen molar-refractivity contribution in [3.8, 4) is 5.75 Å². The molecule has 2 aromatic carbocycles. The van der Waals surface area contributed by atoms with Gasteiger partial charge in [0.05, 0.1) is 0 Å². The average molecular weight is 440 g/mol. The van der Waals surface area contributed by atoms with Crippen molar-refractivity contribution >= 4 is 0 Å². The van der Waals surface area contributed by atoms with Gasteiger partial charge in [-0.1, -0.05) is 42.5 Å². The Morgan fingerprint density at radius 1 is 0.667 bits per heavy atom. The number of rotatable bonds is 7. The van der Waals surface area contributed by atoms with Crippen molar-refractivity contribution in [3.63, 3.8) is 0 Å². The van der Waals surface area contributed by atoms with Gasteiger partial charge in [0.15, 0.2) is 0 Å². The van der Waals surface area contributed by atoms with Gasteiger partial charge >= 0.3 is 17.1 Å². The van der Waals surface area contributed by atoms with Crippen LogP contribution in [0.1, 0.15) is 24.0 Å². The molecule has 0 aliphatic heterocycles. The van der Waals surface area contributed by atoms with E-state index in [0.717, 1.165) is 5.92 Å². The molecule has 2 saturated carbocycles. The molecular formula is C26H24FeO3+2. The molecule has 4 heteroatoms. The Bertz CT molecular complexity index is 782. The largest absolute Gasteiger partial charge is 2.00 e. The van der Waals surface area contributed by atoms with Gasteiger partial charge in [-0.25, -0.2) is 0 Å². The van der Waals surface area contributed by atoms with Gasteiger partial charge in [0, 0.05) is 5.92 Å². The van der Waals surface area contributed by atoms with Crippen LogP contribution < -0.4 is 0 Å². The van der Waals surface area contributed by atoms with E-state index < -0.39 is 11.2 Å². The molecule has 0 aromatic heterocycles. The maximum absolute atomic E-state index is 12.2. The number of benzene rings is 2. The normalized spacial score (nSPS) is 21.7. The van der Waals surface area contributed by atoms with Crippen molar-refractivity contribution in [1.82, 2.24) is 0 Å². The monoisotopic (exact) mass is 440 g/mol. The van der Waals surface area contributed by atoms with Crippen LogP contribution in [0.15, 0.2) is 54.6 Å². The van der Waals surface area contributed by atoms with Crippen LogP contribution in [-0.2, 0) is 22.7 Å². The summed E-state index contributed by atoms with van der Waals surface area (Å²) in [7, 11) is 0. The number of phenolic OH excluding ortho intramolecular Hbond substituents is 1. The predicted octanol–water partition coefficient (Wildman–Crippen LogP) is 3.95. The molecule has 0 saturated heterocycles. The van der Waals surface area contributed by atoms with Crippen LogP contribution in [0.25, 0.3) is 0 Å². The molecule has 3 N–H and O–H groups in total. The van der Waals surface area contributed by atoms with Crippen LogP contribution in [0.2, 0.25) is 0 Å². The van der Waals surface area contributed by atoms with E-state index in [1.54, 1.807) is 12.1 Å². The number of hydrogen-bond acceptors (Lipinski definition) is 3. The Labute approximate surface area is 191 Å². The summed E-state index contributed by atoms with van der Waals surface area (Å²) in [6.07, 6.45) is 16.4. The van der Waals surface area contributed by atoms with Crippen LogP contribution in [0, 0.1) is 63.2 Å². The van der Waals surface area contributed by atoms with E-state index in [1.807, 2.05) is 81.7 Å². The van der Waals surface area contributed by atoms with Gasteiger partial charge in [-0.2, -0.15) is 0 Å². The number of aromatic hydroxyl groups is 1. The summed E-state index contributed by atoms with van der Waals surface area (Å²) in [6, 6.07) is 15.6. The smallest absolute Gasteiger partial charge is 0.508 e. The van der Waals surface area contributed by atoms with Gasteiger partial charge in [0.2, 0.25) is 0 Å². The molecule has 2 fully saturated rings. The molecule has 2 aromatic rings. The molecule has 0 heterocycles. The summed E-state index contributed by atoms with van der Waals surface area (Å²) >= 11 is 0. The zero-order chi connectivity index (χ0) is 20.3. The Hall–Kier alpha value is -1.32. The molecule has 2 aliphatic carbocycles. The molecule has 4 rings (SSSR count). The molecule has 30 heavy (non-hydrogen) atoms. The number of hydrogen-bond donors (Lipinski definition) is 3. The van der Waals surface area contributed by atoms with E-state index in [-0.39, 0.29) is 22.8 Å². The van der Waals surface area contributed by atoms with Crippen LogP contribution in [0.5, 0.6) is 5.75 Å². The zero-order valence-corrected chi connectivity index (χ0v) is 17.5. The first-order valence-electron chi connectivity index (χ1n) is 9.76. The summed E-state index contributed by atoms with van der Waals surface area (Å²) in [5.41, 5.74) is -2.17. The SMILES string of the molecule is Oc1ccc(C(O)(c2ccccc2)C(O)(CC[C]2[CH][CH][CH][CH]2)[C]2[CH][CH][CH][CH]2)cc1.[Fe+2]. The Morgan fingerprint density at radius 2 is 1.20 bits per heavy atom. The topological polar surface area (TPSA) is 60.7 Å². The van der Waals surface area contributed by atoms with Crippen molar-refractivity contribution in [3.05, 3.63) is 129 Å². The van der Waals surface area contributed by atoms with Crippen LogP contribution in [-0.4, -0.2) is 20.9 Å². The van der Waals surface area contributed by atoms with Gasteiger partial charge in [-0.05, 0) is 93.4 Å². The minimum Gasteiger partial charge on any atom is -0.508 e. The molecule has 2 aliphatic rings. The van der Waals surface area contributed by atoms with Crippen LogP contribution in [0.3, 0.4) is 0 Å². The summed E-state index contributed by atoms with van der Waals surface area (Å²) in [5.74, 6) is 1.87. The molecule has 10 radical (unpaired) electrons. The van der Waals surface area contributed by atoms with Crippen LogP contribution >= 0.6 is 0 Å². The van der Waals surface area contributed by atoms with Gasteiger partial charge in [0.1, 0.15) is 17.0 Å². The average Bonchev–Trinajstić information content (AvgIpc) is 3.47. The Balaban J connectivity index is 0.00000256. The van der Waals surface area contributed by atoms with Crippen LogP contribution in [0.4, 0.5) is 0 Å². The molecule has 152 valence electrons. The van der Waals surface area contributed by atoms with Gasteiger partial charge in [-0.15, -0.1) is 0 Å². The minimum absolute atomic E-state index is 0. The molecular weight excluding hydrogens is 416 g/mol. The van der Waals surface area contributed by atoms with E-state index in [0.29, 0.717) is 29.9 Å². The second kappa shape index (κ2) is 9.87. The Kier molecular flexibility index (Phi) is 7.68. The summed E-state index contributed by atoms with van der Waals surface area (Å²) < 4.78 is 0. The summed E-state index contributed by atoms with van der Waals surface area (Å²) in [5, 5.41) is 34.1. The predicted molar refractivity (Wildman–Crippen MR) is 113 cm³/mol. The molecule has 3 nitrogen and oxygen atoms in total. The van der Waals surface area contributed by atoms with E-state index in [4.69, 9.17) is 0 Å². The summed E-state index contributed by atoms with van der Waals surface area (Å²) in [4.78, 5) is 0. The summed E-state index contributed by atoms with van der Waals surface area (Å²) in [6.45, 7) is 0. The van der Waals surface area contributed by atoms with E-state index >= 15 is 0 Å². The molecule has 2 atom stereocenters. The first kappa shape index (κ1) is 23.3. The van der Waals surface area contributed by atoms with Crippen molar-refractivity contribution < 1.29 is 32.4 Å². The second-order valence-corrected chi connectivity index (χ2v) is 7.45. The fourth-order valence-corrected chi connectivity index (χ4v) is 4.12. The number of phenols is 1. The van der Waals surface area contributed by atoms with Gasteiger partial charge in [0.25, 0.3) is 0 Å².